The Balaban J connectivity index is 1.91. The fraction of sp³-hybridized carbons (Fsp3) is 0.438. The average molecular weight is 301 g/mol. The van der Waals surface area contributed by atoms with Gasteiger partial charge in [0.1, 0.15) is 12.1 Å². The van der Waals surface area contributed by atoms with Crippen molar-refractivity contribution in [3.63, 3.8) is 0 Å². The van der Waals surface area contributed by atoms with Gasteiger partial charge in [0.25, 0.3) is 5.91 Å². The molecule has 2 N–H and O–H groups in total. The van der Waals surface area contributed by atoms with E-state index in [9.17, 15) is 14.4 Å². The SMILES string of the molecule is CNC(=O)CN1C(=O)N[C@@](C)(c2ccc3c(c2)CCC3)C1=O. The number of nitrogens with zero attached hydrogens (tertiary/aromatic N) is 1. The van der Waals surface area contributed by atoms with Gasteiger partial charge in [-0.3, -0.25) is 14.5 Å². The maximum absolute atomic E-state index is 12.7. The van der Waals surface area contributed by atoms with Crippen LogP contribution in [0.5, 0.6) is 0 Å². The van der Waals surface area contributed by atoms with Crippen LogP contribution in [0.25, 0.3) is 0 Å². The Morgan fingerprint density at radius 2 is 2.05 bits per heavy atom. The van der Waals surface area contributed by atoms with Gasteiger partial charge in [0.2, 0.25) is 5.91 Å². The van der Waals surface area contributed by atoms with Gasteiger partial charge in [0.15, 0.2) is 0 Å². The molecular weight excluding hydrogens is 282 g/mol. The molecule has 1 fully saturated rings. The first-order valence-corrected chi connectivity index (χ1v) is 7.42. The summed E-state index contributed by atoms with van der Waals surface area (Å²) in [7, 11) is 1.47. The van der Waals surface area contributed by atoms with Crippen LogP contribution in [0.1, 0.15) is 30.0 Å². The molecule has 0 radical (unpaired) electrons. The third-order valence-corrected chi connectivity index (χ3v) is 4.53. The van der Waals surface area contributed by atoms with E-state index in [-0.39, 0.29) is 18.4 Å². The van der Waals surface area contributed by atoms with Crippen molar-refractivity contribution < 1.29 is 14.4 Å². The van der Waals surface area contributed by atoms with E-state index in [1.807, 2.05) is 18.2 Å². The van der Waals surface area contributed by atoms with Crippen molar-refractivity contribution in [1.82, 2.24) is 15.5 Å². The molecule has 1 saturated heterocycles. The van der Waals surface area contributed by atoms with Gasteiger partial charge in [0, 0.05) is 7.05 Å². The van der Waals surface area contributed by atoms with Gasteiger partial charge in [-0.05, 0) is 42.9 Å². The summed E-state index contributed by atoms with van der Waals surface area (Å²) in [6, 6.07) is 5.40. The number of aryl methyl sites for hydroxylation is 2. The molecule has 0 spiro atoms. The second kappa shape index (κ2) is 5.12. The van der Waals surface area contributed by atoms with Crippen LogP contribution < -0.4 is 10.6 Å². The molecule has 2 aliphatic rings. The lowest BCUT2D eigenvalue weighted by Crippen LogP contribution is -2.42. The standard InChI is InChI=1S/C16H19N3O3/c1-16(12-7-6-10-4-3-5-11(10)8-12)14(21)19(15(22)18-16)9-13(20)17-2/h6-8H,3-5,9H2,1-2H3,(H,17,20)(H,18,22)/t16-/m0/s1. The summed E-state index contributed by atoms with van der Waals surface area (Å²) in [5, 5.41) is 5.15. The quantitative estimate of drug-likeness (QED) is 0.806. The zero-order chi connectivity index (χ0) is 15.9. The van der Waals surface area contributed by atoms with E-state index in [1.165, 1.54) is 18.2 Å². The van der Waals surface area contributed by atoms with Gasteiger partial charge in [0.05, 0.1) is 0 Å². The molecule has 0 bridgehead atoms. The number of hydrogen-bond donors (Lipinski definition) is 2. The maximum atomic E-state index is 12.7. The number of rotatable bonds is 3. The van der Waals surface area contributed by atoms with E-state index in [0.717, 1.165) is 29.7 Å². The summed E-state index contributed by atoms with van der Waals surface area (Å²) in [5.74, 6) is -0.763. The number of benzene rings is 1. The van der Waals surface area contributed by atoms with Crippen LogP contribution in [0.2, 0.25) is 0 Å². The highest BCUT2D eigenvalue weighted by molar-refractivity contribution is 6.09. The summed E-state index contributed by atoms with van der Waals surface area (Å²) in [5.41, 5.74) is 2.21. The first-order valence-electron chi connectivity index (χ1n) is 7.42. The zero-order valence-corrected chi connectivity index (χ0v) is 12.7. The van der Waals surface area contributed by atoms with Crippen molar-refractivity contribution in [2.24, 2.45) is 0 Å². The lowest BCUT2D eigenvalue weighted by Gasteiger charge is -2.23. The van der Waals surface area contributed by atoms with E-state index in [2.05, 4.69) is 10.6 Å². The smallest absolute Gasteiger partial charge is 0.325 e. The molecule has 3 rings (SSSR count). The van der Waals surface area contributed by atoms with Crippen molar-refractivity contribution in [3.8, 4) is 0 Å². The summed E-state index contributed by atoms with van der Waals surface area (Å²) >= 11 is 0. The number of likely N-dealkylation sites (N-methyl/N-ethyl adjacent to an activating group) is 1. The number of fused-ring (bicyclic) bond motifs is 1. The zero-order valence-electron chi connectivity index (χ0n) is 12.7. The van der Waals surface area contributed by atoms with Crippen molar-refractivity contribution in [2.75, 3.05) is 13.6 Å². The molecule has 1 aliphatic heterocycles. The summed E-state index contributed by atoms with van der Waals surface area (Å²) in [6.45, 7) is 1.43. The predicted molar refractivity (Wildman–Crippen MR) is 80.1 cm³/mol. The van der Waals surface area contributed by atoms with Crippen molar-refractivity contribution in [2.45, 2.75) is 31.7 Å². The molecule has 116 valence electrons. The molecular formula is C16H19N3O3. The van der Waals surface area contributed by atoms with E-state index in [0.29, 0.717) is 0 Å². The highest BCUT2D eigenvalue weighted by Crippen LogP contribution is 2.32. The minimum atomic E-state index is -1.11. The second-order valence-corrected chi connectivity index (χ2v) is 5.96. The normalized spacial score (nSPS) is 23.5. The molecule has 4 amide bonds. The third kappa shape index (κ3) is 2.15. The lowest BCUT2D eigenvalue weighted by atomic mass is 9.89. The molecule has 0 unspecified atom stereocenters. The molecule has 0 saturated carbocycles. The Morgan fingerprint density at radius 1 is 1.32 bits per heavy atom. The van der Waals surface area contributed by atoms with Crippen LogP contribution in [-0.4, -0.2) is 36.3 Å². The molecule has 1 atom stereocenters. The number of imide groups is 1. The van der Waals surface area contributed by atoms with Crippen LogP contribution in [-0.2, 0) is 28.0 Å². The van der Waals surface area contributed by atoms with Crippen LogP contribution in [0.3, 0.4) is 0 Å². The minimum absolute atomic E-state index is 0.262. The van der Waals surface area contributed by atoms with Gasteiger partial charge >= 0.3 is 6.03 Å². The van der Waals surface area contributed by atoms with Gasteiger partial charge in [-0.2, -0.15) is 0 Å². The highest BCUT2D eigenvalue weighted by Gasteiger charge is 2.49. The number of amides is 4. The number of nitrogens with one attached hydrogen (secondary N) is 2. The number of carbonyl (C=O) groups is 3. The largest absolute Gasteiger partial charge is 0.358 e. The fourth-order valence-corrected chi connectivity index (χ4v) is 3.14. The molecule has 1 aromatic rings. The number of hydrogen-bond acceptors (Lipinski definition) is 3. The van der Waals surface area contributed by atoms with E-state index in [1.54, 1.807) is 6.92 Å². The van der Waals surface area contributed by atoms with Crippen LogP contribution in [0.4, 0.5) is 4.79 Å². The highest BCUT2D eigenvalue weighted by atomic mass is 16.2. The van der Waals surface area contributed by atoms with Crippen molar-refractivity contribution >= 4 is 17.8 Å². The Kier molecular flexibility index (Phi) is 3.39. The molecule has 22 heavy (non-hydrogen) atoms. The van der Waals surface area contributed by atoms with Gasteiger partial charge in [-0.1, -0.05) is 18.2 Å². The molecule has 1 heterocycles. The minimum Gasteiger partial charge on any atom is -0.358 e. The van der Waals surface area contributed by atoms with Gasteiger partial charge < -0.3 is 10.6 Å². The molecule has 1 aromatic carbocycles. The lowest BCUT2D eigenvalue weighted by molar-refractivity contribution is -0.134. The van der Waals surface area contributed by atoms with E-state index < -0.39 is 11.6 Å². The Bertz CT molecular complexity index is 671. The van der Waals surface area contributed by atoms with Gasteiger partial charge in [-0.25, -0.2) is 4.79 Å². The van der Waals surface area contributed by atoms with Crippen LogP contribution in [0.15, 0.2) is 18.2 Å². The van der Waals surface area contributed by atoms with Crippen LogP contribution in [0, 0.1) is 0 Å². The predicted octanol–water partition coefficient (Wildman–Crippen LogP) is 0.688. The number of urea groups is 1. The van der Waals surface area contributed by atoms with E-state index >= 15 is 0 Å². The molecule has 1 aliphatic carbocycles. The average Bonchev–Trinajstić information content (AvgIpc) is 3.05. The number of carbonyl (C=O) groups excluding carboxylic acids is 3. The summed E-state index contributed by atoms with van der Waals surface area (Å²) in [4.78, 5) is 37.2. The molecule has 0 aromatic heterocycles. The first-order chi connectivity index (χ1) is 10.5. The molecule has 6 heteroatoms. The Labute approximate surface area is 128 Å². The molecule has 6 nitrogen and oxygen atoms in total. The summed E-state index contributed by atoms with van der Waals surface area (Å²) in [6.07, 6.45) is 3.19. The van der Waals surface area contributed by atoms with E-state index in [4.69, 9.17) is 0 Å². The maximum Gasteiger partial charge on any atom is 0.325 e. The van der Waals surface area contributed by atoms with Crippen molar-refractivity contribution in [1.29, 1.82) is 0 Å². The first kappa shape index (κ1) is 14.6. The topological polar surface area (TPSA) is 78.5 Å². The van der Waals surface area contributed by atoms with Crippen LogP contribution >= 0.6 is 0 Å². The van der Waals surface area contributed by atoms with Crippen molar-refractivity contribution in [3.05, 3.63) is 34.9 Å². The monoisotopic (exact) mass is 301 g/mol. The Hall–Kier alpha value is -2.37. The summed E-state index contributed by atoms with van der Waals surface area (Å²) < 4.78 is 0. The Morgan fingerprint density at radius 3 is 2.77 bits per heavy atom. The van der Waals surface area contributed by atoms with Gasteiger partial charge in [-0.15, -0.1) is 0 Å². The fourth-order valence-electron chi connectivity index (χ4n) is 3.14. The second-order valence-electron chi connectivity index (χ2n) is 5.96. The third-order valence-electron chi connectivity index (χ3n) is 4.53.